The number of nitrogens with zero attached hydrogens (tertiary/aromatic N) is 2. The molecule has 0 saturated heterocycles. The minimum absolute atomic E-state index is 0.0678. The number of carbonyl (C=O) groups excluding carboxylic acids is 1. The summed E-state index contributed by atoms with van der Waals surface area (Å²) in [7, 11) is 0. The maximum Gasteiger partial charge on any atom is 0.356 e. The average molecular weight is 219 g/mol. The summed E-state index contributed by atoms with van der Waals surface area (Å²) in [6.07, 6.45) is 2.35. The lowest BCUT2D eigenvalue weighted by Crippen LogP contribution is -1.98. The van der Waals surface area contributed by atoms with E-state index in [2.05, 4.69) is 4.98 Å². The van der Waals surface area contributed by atoms with Gasteiger partial charge in [0.05, 0.1) is 11.9 Å². The zero-order valence-corrected chi connectivity index (χ0v) is 8.25. The van der Waals surface area contributed by atoms with Gasteiger partial charge in [0.25, 0.3) is 0 Å². The van der Waals surface area contributed by atoms with Crippen LogP contribution in [0.1, 0.15) is 16.3 Å². The first kappa shape index (κ1) is 10.2. The van der Waals surface area contributed by atoms with Crippen molar-refractivity contribution in [2.75, 3.05) is 5.73 Å². The Balaban J connectivity index is 2.75. The number of hydrogen-bond donors (Lipinski definition) is 2. The van der Waals surface area contributed by atoms with Gasteiger partial charge in [0, 0.05) is 11.9 Å². The molecule has 6 heteroatoms. The average Bonchev–Trinajstić information content (AvgIpc) is 2.57. The van der Waals surface area contributed by atoms with Crippen molar-refractivity contribution < 1.29 is 14.7 Å². The molecular formula is C10H9N3O3. The van der Waals surface area contributed by atoms with E-state index in [9.17, 15) is 9.59 Å². The summed E-state index contributed by atoms with van der Waals surface area (Å²) in [5, 5.41) is 8.95. The lowest BCUT2D eigenvalue weighted by molar-refractivity contribution is -0.107. The van der Waals surface area contributed by atoms with Gasteiger partial charge < -0.3 is 20.0 Å². The summed E-state index contributed by atoms with van der Waals surface area (Å²) in [5.41, 5.74) is 6.32. The lowest BCUT2D eigenvalue weighted by Gasteiger charge is -1.98. The molecule has 0 amide bonds. The number of aromatic carboxylic acids is 1. The molecule has 0 fully saturated rings. The Bertz CT molecular complexity index is 574. The van der Waals surface area contributed by atoms with Crippen LogP contribution in [0.5, 0.6) is 0 Å². The molecular weight excluding hydrogens is 210 g/mol. The summed E-state index contributed by atoms with van der Waals surface area (Å²) >= 11 is 0. The topological polar surface area (TPSA) is 97.7 Å². The molecule has 2 heterocycles. The van der Waals surface area contributed by atoms with E-state index in [0.29, 0.717) is 23.3 Å². The number of anilines is 1. The zero-order valence-electron chi connectivity index (χ0n) is 8.25. The molecule has 82 valence electrons. The number of fused-ring (bicyclic) bond motifs is 1. The summed E-state index contributed by atoms with van der Waals surface area (Å²) in [6.45, 7) is 0. The number of aromatic nitrogens is 2. The normalized spacial score (nSPS) is 10.5. The summed E-state index contributed by atoms with van der Waals surface area (Å²) < 4.78 is 1.55. The van der Waals surface area contributed by atoms with Crippen LogP contribution in [0.2, 0.25) is 0 Å². The van der Waals surface area contributed by atoms with E-state index >= 15 is 0 Å². The van der Waals surface area contributed by atoms with E-state index in [4.69, 9.17) is 10.8 Å². The van der Waals surface area contributed by atoms with Gasteiger partial charge in [-0.15, -0.1) is 0 Å². The van der Waals surface area contributed by atoms with Crippen LogP contribution < -0.4 is 5.73 Å². The number of nitrogen functional groups attached to an aromatic ring is 1. The van der Waals surface area contributed by atoms with Crippen LogP contribution in [0, 0.1) is 0 Å². The third-order valence-electron chi connectivity index (χ3n) is 2.21. The van der Waals surface area contributed by atoms with Crippen molar-refractivity contribution in [3.8, 4) is 0 Å². The fourth-order valence-corrected chi connectivity index (χ4v) is 1.54. The number of carboxylic acid groups (broad SMARTS) is 1. The van der Waals surface area contributed by atoms with Gasteiger partial charge in [-0.1, -0.05) is 0 Å². The van der Waals surface area contributed by atoms with E-state index in [1.165, 1.54) is 6.07 Å². The molecule has 0 spiro atoms. The summed E-state index contributed by atoms with van der Waals surface area (Å²) in [4.78, 5) is 25.3. The van der Waals surface area contributed by atoms with Crippen molar-refractivity contribution >= 4 is 23.5 Å². The molecule has 0 saturated carbocycles. The lowest BCUT2D eigenvalue weighted by atomic mass is 10.3. The number of carboxylic acids is 1. The van der Waals surface area contributed by atoms with Gasteiger partial charge in [-0.25, -0.2) is 9.78 Å². The summed E-state index contributed by atoms with van der Waals surface area (Å²) in [5.74, 6) is -0.748. The molecule has 2 aromatic heterocycles. The van der Waals surface area contributed by atoms with Crippen molar-refractivity contribution in [2.45, 2.75) is 6.42 Å². The van der Waals surface area contributed by atoms with Gasteiger partial charge in [-0.05, 0) is 12.1 Å². The SMILES string of the molecule is Nc1ccn2c(CC=O)nc(C(=O)O)c2c1. The van der Waals surface area contributed by atoms with Crippen LogP contribution in [0.25, 0.3) is 5.52 Å². The molecule has 2 aromatic rings. The van der Waals surface area contributed by atoms with E-state index < -0.39 is 5.97 Å². The molecule has 0 radical (unpaired) electrons. The molecule has 2 rings (SSSR count). The van der Waals surface area contributed by atoms with Crippen LogP contribution in [-0.4, -0.2) is 26.7 Å². The first-order valence-corrected chi connectivity index (χ1v) is 4.57. The summed E-state index contributed by atoms with van der Waals surface area (Å²) in [6, 6.07) is 3.14. The van der Waals surface area contributed by atoms with Crippen molar-refractivity contribution in [3.05, 3.63) is 29.8 Å². The molecule has 0 bridgehead atoms. The molecule has 6 nitrogen and oxygen atoms in total. The molecule has 0 unspecified atom stereocenters. The number of pyridine rings is 1. The number of rotatable bonds is 3. The van der Waals surface area contributed by atoms with E-state index in [1.54, 1.807) is 16.7 Å². The highest BCUT2D eigenvalue weighted by atomic mass is 16.4. The Morgan fingerprint density at radius 1 is 1.62 bits per heavy atom. The van der Waals surface area contributed by atoms with Crippen LogP contribution >= 0.6 is 0 Å². The van der Waals surface area contributed by atoms with Crippen LogP contribution in [0.4, 0.5) is 5.69 Å². The smallest absolute Gasteiger partial charge is 0.356 e. The van der Waals surface area contributed by atoms with Crippen LogP contribution in [-0.2, 0) is 11.2 Å². The number of imidazole rings is 1. The van der Waals surface area contributed by atoms with Gasteiger partial charge in [0.2, 0.25) is 0 Å². The zero-order chi connectivity index (χ0) is 11.7. The second-order valence-electron chi connectivity index (χ2n) is 3.27. The Morgan fingerprint density at radius 2 is 2.38 bits per heavy atom. The molecule has 16 heavy (non-hydrogen) atoms. The van der Waals surface area contributed by atoms with E-state index in [1.807, 2.05) is 0 Å². The molecule has 0 aliphatic rings. The second-order valence-corrected chi connectivity index (χ2v) is 3.27. The van der Waals surface area contributed by atoms with Gasteiger partial charge in [-0.3, -0.25) is 0 Å². The van der Waals surface area contributed by atoms with Crippen molar-refractivity contribution in [3.63, 3.8) is 0 Å². The minimum Gasteiger partial charge on any atom is -0.476 e. The number of carbonyl (C=O) groups is 2. The Labute approximate surface area is 90.3 Å². The molecule has 0 aliphatic heterocycles. The first-order chi connectivity index (χ1) is 7.63. The van der Waals surface area contributed by atoms with Crippen molar-refractivity contribution in [1.82, 2.24) is 9.38 Å². The minimum atomic E-state index is -1.14. The third kappa shape index (κ3) is 1.50. The van der Waals surface area contributed by atoms with Gasteiger partial charge in [-0.2, -0.15) is 0 Å². The highest BCUT2D eigenvalue weighted by Gasteiger charge is 2.16. The quantitative estimate of drug-likeness (QED) is 0.726. The van der Waals surface area contributed by atoms with Crippen LogP contribution in [0.15, 0.2) is 18.3 Å². The molecule has 0 atom stereocenters. The largest absolute Gasteiger partial charge is 0.476 e. The maximum atomic E-state index is 10.9. The fourth-order valence-electron chi connectivity index (χ4n) is 1.54. The standard InChI is InChI=1S/C10H9N3O3/c11-6-1-3-13-7(5-6)9(10(15)16)12-8(13)2-4-14/h1,3-5H,2,11H2,(H,15,16). The third-order valence-corrected chi connectivity index (χ3v) is 2.21. The number of aldehydes is 1. The predicted molar refractivity (Wildman–Crippen MR) is 56.3 cm³/mol. The maximum absolute atomic E-state index is 10.9. The second kappa shape index (κ2) is 3.65. The predicted octanol–water partition coefficient (Wildman–Crippen LogP) is 0.356. The van der Waals surface area contributed by atoms with Gasteiger partial charge in [0.1, 0.15) is 12.1 Å². The van der Waals surface area contributed by atoms with Crippen LogP contribution in [0.3, 0.4) is 0 Å². The molecule has 0 aromatic carbocycles. The fraction of sp³-hybridized carbons (Fsp3) is 0.100. The highest BCUT2D eigenvalue weighted by molar-refractivity contribution is 5.94. The molecule has 3 N–H and O–H groups in total. The van der Waals surface area contributed by atoms with E-state index in [0.717, 1.165) is 0 Å². The van der Waals surface area contributed by atoms with Crippen molar-refractivity contribution in [2.24, 2.45) is 0 Å². The van der Waals surface area contributed by atoms with Gasteiger partial charge in [0.15, 0.2) is 5.69 Å². The highest BCUT2D eigenvalue weighted by Crippen LogP contribution is 2.16. The monoisotopic (exact) mass is 219 g/mol. The Morgan fingerprint density at radius 3 is 3.00 bits per heavy atom. The Hall–Kier alpha value is -2.37. The number of hydrogen-bond acceptors (Lipinski definition) is 4. The first-order valence-electron chi connectivity index (χ1n) is 4.57. The number of nitrogens with two attached hydrogens (primary N) is 1. The van der Waals surface area contributed by atoms with Gasteiger partial charge >= 0.3 is 5.97 Å². The molecule has 0 aliphatic carbocycles. The van der Waals surface area contributed by atoms with Crippen molar-refractivity contribution in [1.29, 1.82) is 0 Å². The van der Waals surface area contributed by atoms with E-state index in [-0.39, 0.29) is 12.1 Å². The Kier molecular flexibility index (Phi) is 2.32.